The average molecular weight is 1480 g/mol. The maximum absolute atomic E-state index is 3.98. The van der Waals surface area contributed by atoms with Gasteiger partial charge in [0.05, 0.1) is 0 Å². The van der Waals surface area contributed by atoms with Crippen molar-refractivity contribution in [3.05, 3.63) is 99.1 Å². The van der Waals surface area contributed by atoms with Gasteiger partial charge in [-0.25, -0.2) is 0 Å². The van der Waals surface area contributed by atoms with Crippen molar-refractivity contribution in [1.29, 1.82) is 0 Å². The van der Waals surface area contributed by atoms with Crippen molar-refractivity contribution in [3.8, 4) is 0 Å². The van der Waals surface area contributed by atoms with Crippen LogP contribution in [0.1, 0.15) is 405 Å². The lowest BCUT2D eigenvalue weighted by molar-refractivity contribution is 0.461. The first kappa shape index (κ1) is 87.0. The third-order valence-corrected chi connectivity index (χ3v) is 25.3. The van der Waals surface area contributed by atoms with E-state index in [9.17, 15) is 0 Å². The molecule has 8 N–H and O–H groups in total. The van der Waals surface area contributed by atoms with Gasteiger partial charge < -0.3 is 42.5 Å². The van der Waals surface area contributed by atoms with Crippen molar-refractivity contribution in [1.82, 2.24) is 0 Å². The van der Waals surface area contributed by atoms with E-state index in [1.165, 1.54) is 394 Å². The summed E-state index contributed by atoms with van der Waals surface area (Å²) >= 11 is 0. The lowest BCUT2D eigenvalue weighted by Gasteiger charge is -2.29. The number of hydrogen-bond acceptors (Lipinski definition) is 8. The predicted molar refractivity (Wildman–Crippen MR) is 480 cm³/mol. The predicted octanol–water partition coefficient (Wildman–Crippen LogP) is 29.6. The summed E-state index contributed by atoms with van der Waals surface area (Å²) in [6, 6.07) is 27.4. The van der Waals surface area contributed by atoms with Gasteiger partial charge in [0.2, 0.25) is 0 Å². The van der Waals surface area contributed by atoms with Crippen LogP contribution in [0.3, 0.4) is 0 Å². The smallest absolute Gasteiger partial charge is 0.0436 e. The van der Waals surface area contributed by atoms with E-state index in [0.717, 1.165) is 6.42 Å². The number of unbranched alkanes of at least 4 members (excludes halogenated alkanes) is 2. The molecule has 0 spiro atoms. The molecule has 0 amide bonds. The Morgan fingerprint density at radius 3 is 0.806 bits per heavy atom. The van der Waals surface area contributed by atoms with Crippen molar-refractivity contribution in [3.63, 3.8) is 0 Å². The Kier molecular flexibility index (Phi) is 38.8. The molecule has 0 saturated heterocycles. The van der Waals surface area contributed by atoms with Crippen molar-refractivity contribution in [2.24, 2.45) is 23.7 Å². The summed E-state index contributed by atoms with van der Waals surface area (Å²) in [5, 5.41) is 31.5. The molecule has 0 aliphatic heterocycles. The topological polar surface area (TPSA) is 96.2 Å². The quantitative estimate of drug-likeness (QED) is 0.0253. The van der Waals surface area contributed by atoms with Crippen molar-refractivity contribution in [2.45, 2.75) is 452 Å². The van der Waals surface area contributed by atoms with E-state index < -0.39 is 0 Å². The Balaban J connectivity index is 0.000000166. The van der Waals surface area contributed by atoms with E-state index in [-0.39, 0.29) is 0 Å². The molecule has 108 heavy (non-hydrogen) atoms. The zero-order chi connectivity index (χ0) is 76.2. The zero-order valence-electron chi connectivity index (χ0n) is 72.1. The summed E-state index contributed by atoms with van der Waals surface area (Å²) in [6.45, 7) is 27.7. The molecule has 8 nitrogen and oxygen atoms in total. The molecular formula is C100H166N8. The number of aryl methyl sites for hydroxylation is 2. The number of hydrogen-bond donors (Lipinski definition) is 8. The molecule has 8 aliphatic rings. The van der Waals surface area contributed by atoms with Gasteiger partial charge in [0.15, 0.2) is 0 Å². The highest BCUT2D eigenvalue weighted by molar-refractivity contribution is 5.75. The van der Waals surface area contributed by atoms with E-state index in [4.69, 9.17) is 0 Å². The molecule has 12 rings (SSSR count). The van der Waals surface area contributed by atoms with Crippen LogP contribution < -0.4 is 42.5 Å². The summed E-state index contributed by atoms with van der Waals surface area (Å²) in [6.07, 6.45) is 69.3. The summed E-state index contributed by atoms with van der Waals surface area (Å²) in [5.41, 5.74) is 23.0. The monoisotopic (exact) mass is 1480 g/mol. The van der Waals surface area contributed by atoms with Crippen LogP contribution in [0.2, 0.25) is 0 Å². The fourth-order valence-corrected chi connectivity index (χ4v) is 19.4. The molecule has 606 valence electrons. The molecule has 0 aromatic heterocycles. The Hall–Kier alpha value is -4.98. The first-order valence-corrected chi connectivity index (χ1v) is 46.9. The first-order valence-electron chi connectivity index (χ1n) is 46.9. The number of benzene rings is 4. The highest BCUT2D eigenvalue weighted by Gasteiger charge is 2.26. The normalized spacial score (nSPS) is 19.3. The molecule has 4 aromatic carbocycles. The molecule has 0 unspecified atom stereocenters. The molecule has 8 heteroatoms. The molecule has 4 aromatic rings. The van der Waals surface area contributed by atoms with Crippen LogP contribution in [-0.4, -0.2) is 48.3 Å². The van der Waals surface area contributed by atoms with Gasteiger partial charge in [-0.05, 0) is 267 Å². The second-order valence-electron chi connectivity index (χ2n) is 38.0. The van der Waals surface area contributed by atoms with E-state index in [0.29, 0.717) is 72.0 Å². The van der Waals surface area contributed by atoms with Gasteiger partial charge in [-0.15, -0.1) is 0 Å². The Labute approximate surface area is 665 Å². The summed E-state index contributed by atoms with van der Waals surface area (Å²) in [5.74, 6) is 2.75. The van der Waals surface area contributed by atoms with Crippen LogP contribution >= 0.6 is 0 Å². The van der Waals surface area contributed by atoms with Gasteiger partial charge in [0.25, 0.3) is 0 Å². The summed E-state index contributed by atoms with van der Waals surface area (Å²) in [7, 11) is 0. The van der Waals surface area contributed by atoms with E-state index in [1.54, 1.807) is 11.1 Å². The number of allylic oxidation sites excluding steroid dienone is 1. The average Bonchev–Trinajstić information content (AvgIpc) is 0.829. The van der Waals surface area contributed by atoms with E-state index in [2.05, 4.69) is 186 Å². The third-order valence-electron chi connectivity index (χ3n) is 25.3. The molecule has 0 atom stereocenters. The Morgan fingerprint density at radius 1 is 0.278 bits per heavy atom. The van der Waals surface area contributed by atoms with Gasteiger partial charge in [-0.2, -0.15) is 0 Å². The van der Waals surface area contributed by atoms with Crippen LogP contribution in [0.25, 0.3) is 6.08 Å². The van der Waals surface area contributed by atoms with Crippen LogP contribution in [0.15, 0.2) is 60.2 Å². The number of rotatable bonds is 31. The lowest BCUT2D eigenvalue weighted by atomic mass is 9.91. The van der Waals surface area contributed by atoms with E-state index >= 15 is 0 Å². The van der Waals surface area contributed by atoms with Gasteiger partial charge in [0.1, 0.15) is 0 Å². The second-order valence-corrected chi connectivity index (χ2v) is 38.0. The van der Waals surface area contributed by atoms with Gasteiger partial charge in [-0.1, -0.05) is 266 Å². The van der Waals surface area contributed by atoms with Gasteiger partial charge in [-0.3, -0.25) is 0 Å². The van der Waals surface area contributed by atoms with Crippen LogP contribution in [0, 0.1) is 23.7 Å². The first-order chi connectivity index (χ1) is 52.5. The minimum Gasteiger partial charge on any atom is -0.382 e. The summed E-state index contributed by atoms with van der Waals surface area (Å²) < 4.78 is 0. The van der Waals surface area contributed by atoms with Crippen molar-refractivity contribution >= 4 is 51.6 Å². The SMILES string of the molecule is CC(C)=Cc1cc(CC(C)C)c(NC2CCCCC2)cc1NC1CCCCC1.CC(C)Cc1cc(CC(C)C)c(NC2CCCCC2)cc1NC1CCCCC1.CC(C)Cc1ccc(NC2CCCCC2)cc1NC1CCCCC1.CCCCc1cc(CCCC)c(NC2CCCCC2)cc1NC1CCCCC1. The maximum Gasteiger partial charge on any atom is 0.0436 e. The van der Waals surface area contributed by atoms with Crippen molar-refractivity contribution < 1.29 is 0 Å². The zero-order valence-corrected chi connectivity index (χ0v) is 72.1. The molecule has 0 heterocycles. The lowest BCUT2D eigenvalue weighted by Crippen LogP contribution is -2.25. The fraction of sp³-hybridized carbons (Fsp3) is 0.740. The van der Waals surface area contributed by atoms with Crippen LogP contribution in [0.5, 0.6) is 0 Å². The number of anilines is 8. The highest BCUT2D eigenvalue weighted by atomic mass is 15.0. The molecule has 8 fully saturated rings. The fourth-order valence-electron chi connectivity index (χ4n) is 19.4. The summed E-state index contributed by atoms with van der Waals surface area (Å²) in [4.78, 5) is 0. The molecule has 0 radical (unpaired) electrons. The Bertz CT molecular complexity index is 3040. The van der Waals surface area contributed by atoms with Crippen molar-refractivity contribution in [2.75, 3.05) is 42.5 Å². The minimum atomic E-state index is 0.636. The second kappa shape index (κ2) is 48.2. The molecule has 8 saturated carbocycles. The number of nitrogens with one attached hydrogen (secondary N) is 8. The van der Waals surface area contributed by atoms with Crippen LogP contribution in [0.4, 0.5) is 45.5 Å². The highest BCUT2D eigenvalue weighted by Crippen LogP contribution is 2.39. The molecule has 8 aliphatic carbocycles. The standard InChI is InChI=1S/C26H44N2.C26H42N2.C26H44N2.C22H36N2/c2*1-19(2)15-21-17-22(16-20(3)4)26(28-24-13-9-6-10-14-24)18-25(21)27-23-11-7-5-8-12-23;1-3-5-13-21-19-22(14-6-4-2)26(28-24-17-11-8-12-18-24)20-25(21)27-23-15-9-7-10-16-23;1-17(2)15-18-13-14-21(23-19-9-5-3-6-10-19)16-22(18)24-20-11-7-4-8-12-20/h17-20,23-24,27-28H,5-16H2,1-4H3;15,17-18,20,23-24,27-28H,5-14,16H2,1-4H3;19-20,23-24,27-28H,3-18H2,1-2H3;13-14,16-17,19-20,23-24H,3-12,15H2,1-2H3. The van der Waals surface area contributed by atoms with Crippen LogP contribution in [-0.2, 0) is 38.5 Å². The van der Waals surface area contributed by atoms with E-state index in [1.807, 2.05) is 0 Å². The Morgan fingerprint density at radius 2 is 0.519 bits per heavy atom. The maximum atomic E-state index is 3.98. The molecule has 0 bridgehead atoms. The largest absolute Gasteiger partial charge is 0.382 e. The van der Waals surface area contributed by atoms with Gasteiger partial charge in [0, 0.05) is 93.8 Å². The molecular weight excluding hydrogens is 1310 g/mol. The minimum absolute atomic E-state index is 0.636. The van der Waals surface area contributed by atoms with Gasteiger partial charge >= 0.3 is 0 Å². The third kappa shape index (κ3) is 31.2.